The van der Waals surface area contributed by atoms with Crippen molar-refractivity contribution in [2.24, 2.45) is 5.92 Å². The first-order chi connectivity index (χ1) is 9.25. The maximum atomic E-state index is 5.42. The Labute approximate surface area is 118 Å². The topological polar surface area (TPSA) is 27.7 Å². The summed E-state index contributed by atoms with van der Waals surface area (Å²) in [5.74, 6) is 0.788. The Bertz CT molecular complexity index is 242. The van der Waals surface area contributed by atoms with Crippen LogP contribution in [0.5, 0.6) is 0 Å². The van der Waals surface area contributed by atoms with Crippen molar-refractivity contribution in [1.82, 2.24) is 15.1 Å². The molecule has 0 spiro atoms. The van der Waals surface area contributed by atoms with Crippen molar-refractivity contribution in [2.45, 2.75) is 32.7 Å². The Morgan fingerprint density at radius 1 is 1.16 bits per heavy atom. The fourth-order valence-electron chi connectivity index (χ4n) is 3.15. The first-order valence-corrected chi connectivity index (χ1v) is 8.00. The van der Waals surface area contributed by atoms with E-state index >= 15 is 0 Å². The average molecular weight is 269 g/mol. The van der Waals surface area contributed by atoms with Gasteiger partial charge in [0.2, 0.25) is 0 Å². The molecule has 2 aliphatic rings. The molecule has 0 aromatic carbocycles. The van der Waals surface area contributed by atoms with Crippen molar-refractivity contribution in [2.75, 3.05) is 59.0 Å². The summed E-state index contributed by atoms with van der Waals surface area (Å²) in [5, 5.41) is 3.60. The highest BCUT2D eigenvalue weighted by Crippen LogP contribution is 2.14. The first-order valence-electron chi connectivity index (χ1n) is 8.00. The van der Waals surface area contributed by atoms with Crippen LogP contribution in [-0.2, 0) is 4.74 Å². The summed E-state index contributed by atoms with van der Waals surface area (Å²) in [5.41, 5.74) is 0. The fourth-order valence-corrected chi connectivity index (χ4v) is 3.15. The molecule has 2 saturated heterocycles. The van der Waals surface area contributed by atoms with Gasteiger partial charge in [0.25, 0.3) is 0 Å². The quantitative estimate of drug-likeness (QED) is 0.807. The van der Waals surface area contributed by atoms with Crippen LogP contribution in [-0.4, -0.2) is 74.9 Å². The molecule has 0 aromatic rings. The minimum absolute atomic E-state index is 0.726. The third kappa shape index (κ3) is 5.38. The lowest BCUT2D eigenvalue weighted by atomic mass is 10.0. The second-order valence-corrected chi connectivity index (χ2v) is 6.33. The Hall–Kier alpha value is -0.160. The van der Waals surface area contributed by atoms with E-state index in [0.29, 0.717) is 0 Å². The molecule has 19 heavy (non-hydrogen) atoms. The van der Waals surface area contributed by atoms with Crippen LogP contribution in [0.4, 0.5) is 0 Å². The maximum Gasteiger partial charge on any atom is 0.0594 e. The highest BCUT2D eigenvalue weighted by Gasteiger charge is 2.22. The van der Waals surface area contributed by atoms with Gasteiger partial charge < -0.3 is 10.1 Å². The standard InChI is InChI=1S/C15H31N3O/c1-14(2)12-15-13-16-4-3-5-18(15)7-6-17-8-10-19-11-9-17/h14-16H,3-13H2,1-2H3. The molecule has 0 aliphatic carbocycles. The summed E-state index contributed by atoms with van der Waals surface area (Å²) in [6.07, 6.45) is 2.60. The van der Waals surface area contributed by atoms with E-state index in [1.807, 2.05) is 0 Å². The number of nitrogens with one attached hydrogen (secondary N) is 1. The van der Waals surface area contributed by atoms with Gasteiger partial charge in [-0.15, -0.1) is 0 Å². The van der Waals surface area contributed by atoms with Crippen LogP contribution in [0.1, 0.15) is 26.7 Å². The highest BCUT2D eigenvalue weighted by atomic mass is 16.5. The number of hydrogen-bond acceptors (Lipinski definition) is 4. The van der Waals surface area contributed by atoms with Crippen LogP contribution in [0.15, 0.2) is 0 Å². The van der Waals surface area contributed by atoms with Crippen molar-refractivity contribution >= 4 is 0 Å². The lowest BCUT2D eigenvalue weighted by molar-refractivity contribution is 0.0306. The highest BCUT2D eigenvalue weighted by molar-refractivity contribution is 4.80. The van der Waals surface area contributed by atoms with Crippen LogP contribution in [0.25, 0.3) is 0 Å². The van der Waals surface area contributed by atoms with E-state index in [9.17, 15) is 0 Å². The molecule has 112 valence electrons. The van der Waals surface area contributed by atoms with Crippen molar-refractivity contribution in [1.29, 1.82) is 0 Å². The van der Waals surface area contributed by atoms with Crippen LogP contribution in [0, 0.1) is 5.92 Å². The van der Waals surface area contributed by atoms with E-state index in [1.54, 1.807) is 0 Å². The molecule has 2 fully saturated rings. The number of nitrogens with zero attached hydrogens (tertiary/aromatic N) is 2. The van der Waals surface area contributed by atoms with Gasteiger partial charge in [0.1, 0.15) is 0 Å². The van der Waals surface area contributed by atoms with Gasteiger partial charge in [-0.05, 0) is 31.8 Å². The summed E-state index contributed by atoms with van der Waals surface area (Å²) < 4.78 is 5.42. The lowest BCUT2D eigenvalue weighted by Crippen LogP contribution is -2.46. The Morgan fingerprint density at radius 2 is 1.95 bits per heavy atom. The molecule has 1 unspecified atom stereocenters. The zero-order valence-corrected chi connectivity index (χ0v) is 12.7. The van der Waals surface area contributed by atoms with E-state index in [1.165, 1.54) is 45.6 Å². The van der Waals surface area contributed by atoms with Crippen LogP contribution in [0.2, 0.25) is 0 Å². The van der Waals surface area contributed by atoms with E-state index in [2.05, 4.69) is 29.0 Å². The zero-order chi connectivity index (χ0) is 13.5. The predicted molar refractivity (Wildman–Crippen MR) is 79.6 cm³/mol. The molecule has 4 nitrogen and oxygen atoms in total. The Kier molecular flexibility index (Phi) is 6.57. The molecule has 0 saturated carbocycles. The molecule has 2 rings (SSSR count). The second kappa shape index (κ2) is 8.20. The van der Waals surface area contributed by atoms with Crippen molar-refractivity contribution in [3.63, 3.8) is 0 Å². The van der Waals surface area contributed by atoms with Crippen molar-refractivity contribution < 1.29 is 4.74 Å². The molecule has 0 bridgehead atoms. The summed E-state index contributed by atoms with van der Waals surface area (Å²) in [6, 6.07) is 0.726. The molecular weight excluding hydrogens is 238 g/mol. The normalized spacial score (nSPS) is 27.6. The number of ether oxygens (including phenoxy) is 1. The third-order valence-electron chi connectivity index (χ3n) is 4.25. The fraction of sp³-hybridized carbons (Fsp3) is 1.00. The molecule has 4 heteroatoms. The van der Waals surface area contributed by atoms with Crippen molar-refractivity contribution in [3.8, 4) is 0 Å². The van der Waals surface area contributed by atoms with Gasteiger partial charge >= 0.3 is 0 Å². The second-order valence-electron chi connectivity index (χ2n) is 6.33. The molecule has 1 N–H and O–H groups in total. The summed E-state index contributed by atoms with van der Waals surface area (Å²) >= 11 is 0. The average Bonchev–Trinajstić information content (AvgIpc) is 2.62. The van der Waals surface area contributed by atoms with E-state index in [4.69, 9.17) is 4.74 Å². The molecular formula is C15H31N3O. The van der Waals surface area contributed by atoms with Gasteiger partial charge in [-0.2, -0.15) is 0 Å². The SMILES string of the molecule is CC(C)CC1CNCCCN1CCN1CCOCC1. The molecule has 0 radical (unpaired) electrons. The van der Waals surface area contributed by atoms with Gasteiger partial charge in [0.05, 0.1) is 13.2 Å². The zero-order valence-electron chi connectivity index (χ0n) is 12.7. The minimum Gasteiger partial charge on any atom is -0.379 e. The van der Waals surface area contributed by atoms with Gasteiger partial charge in [-0.3, -0.25) is 9.80 Å². The maximum absolute atomic E-state index is 5.42. The summed E-state index contributed by atoms with van der Waals surface area (Å²) in [4.78, 5) is 5.27. The lowest BCUT2D eigenvalue weighted by Gasteiger charge is -2.34. The van der Waals surface area contributed by atoms with Crippen molar-refractivity contribution in [3.05, 3.63) is 0 Å². The van der Waals surface area contributed by atoms with Gasteiger partial charge in [-0.1, -0.05) is 13.8 Å². The number of morpholine rings is 1. The molecule has 0 aromatic heterocycles. The van der Waals surface area contributed by atoms with Crippen LogP contribution in [0.3, 0.4) is 0 Å². The van der Waals surface area contributed by atoms with E-state index < -0.39 is 0 Å². The van der Waals surface area contributed by atoms with Crippen LogP contribution < -0.4 is 5.32 Å². The Morgan fingerprint density at radius 3 is 2.68 bits per heavy atom. The van der Waals surface area contributed by atoms with Crippen LogP contribution >= 0.6 is 0 Å². The predicted octanol–water partition coefficient (Wildman–Crippen LogP) is 1.03. The Balaban J connectivity index is 1.79. The first kappa shape index (κ1) is 15.2. The van der Waals surface area contributed by atoms with Gasteiger partial charge in [0, 0.05) is 38.8 Å². The third-order valence-corrected chi connectivity index (χ3v) is 4.25. The van der Waals surface area contributed by atoms with Gasteiger partial charge in [-0.25, -0.2) is 0 Å². The molecule has 2 aliphatic heterocycles. The molecule has 2 heterocycles. The summed E-state index contributed by atoms with van der Waals surface area (Å²) in [6.45, 7) is 14.8. The molecule has 0 amide bonds. The monoisotopic (exact) mass is 269 g/mol. The minimum atomic E-state index is 0.726. The number of hydrogen-bond donors (Lipinski definition) is 1. The van der Waals surface area contributed by atoms with E-state index in [-0.39, 0.29) is 0 Å². The number of rotatable bonds is 5. The largest absolute Gasteiger partial charge is 0.379 e. The van der Waals surface area contributed by atoms with Gasteiger partial charge in [0.15, 0.2) is 0 Å². The smallest absolute Gasteiger partial charge is 0.0594 e. The summed E-state index contributed by atoms with van der Waals surface area (Å²) in [7, 11) is 0. The molecule has 1 atom stereocenters. The van der Waals surface area contributed by atoms with E-state index in [0.717, 1.165) is 38.3 Å².